The van der Waals surface area contributed by atoms with Gasteiger partial charge in [0, 0.05) is 0 Å². The van der Waals surface area contributed by atoms with Crippen LogP contribution < -0.4 is 0 Å². The van der Waals surface area contributed by atoms with Crippen LogP contribution >= 0.6 is 15.2 Å². The highest BCUT2D eigenvalue weighted by molar-refractivity contribution is 7.78. The molecule has 0 bridgehead atoms. The lowest BCUT2D eigenvalue weighted by Gasteiger charge is -2.21. The molecule has 16 heavy (non-hydrogen) atoms. The normalized spacial score (nSPS) is 15.8. The molecule has 0 aromatic rings. The molecule has 0 aliphatic carbocycles. The van der Waals surface area contributed by atoms with Crippen molar-refractivity contribution in [2.45, 2.75) is 20.8 Å². The molecule has 1 N–H and O–H groups in total. The summed E-state index contributed by atoms with van der Waals surface area (Å²) in [6, 6.07) is 0. The molecule has 0 amide bonds. The second kappa shape index (κ2) is 6.70. The van der Waals surface area contributed by atoms with Crippen molar-refractivity contribution in [2.24, 2.45) is 0 Å². The Morgan fingerprint density at radius 2 is 1.44 bits per heavy atom. The van der Waals surface area contributed by atoms with Gasteiger partial charge in [0.1, 0.15) is 5.06 Å². The molecule has 0 radical (unpaired) electrons. The van der Waals surface area contributed by atoms with Crippen molar-refractivity contribution >= 4 is 15.2 Å². The van der Waals surface area contributed by atoms with E-state index in [1.807, 2.05) is 0 Å². The van der Waals surface area contributed by atoms with Crippen LogP contribution in [0.5, 0.6) is 0 Å². The molecule has 8 heteroatoms. The van der Waals surface area contributed by atoms with Gasteiger partial charge in [-0.25, -0.2) is 0 Å². The minimum Gasteiger partial charge on any atom is -0.321 e. The van der Waals surface area contributed by atoms with E-state index in [0.717, 1.165) is 0 Å². The molecule has 0 aliphatic heterocycles. The SMILES string of the molecule is C=C(P(=O)(O)OCC)P(=O)(OCC)OCC. The van der Waals surface area contributed by atoms with Crippen molar-refractivity contribution in [1.82, 2.24) is 0 Å². The zero-order chi connectivity index (χ0) is 12.8. The second-order valence-corrected chi connectivity index (χ2v) is 6.93. The Morgan fingerprint density at radius 1 is 1.06 bits per heavy atom. The molecule has 0 rings (SSSR count). The fourth-order valence-electron chi connectivity index (χ4n) is 0.930. The molecular weight excluding hydrogens is 254 g/mol. The highest BCUT2D eigenvalue weighted by atomic mass is 31.2. The Kier molecular flexibility index (Phi) is 6.71. The van der Waals surface area contributed by atoms with Crippen molar-refractivity contribution in [2.75, 3.05) is 19.8 Å². The van der Waals surface area contributed by atoms with E-state index in [1.165, 1.54) is 0 Å². The van der Waals surface area contributed by atoms with E-state index in [2.05, 4.69) is 11.1 Å². The Balaban J connectivity index is 5.02. The van der Waals surface area contributed by atoms with Crippen LogP contribution in [0.4, 0.5) is 0 Å². The Morgan fingerprint density at radius 3 is 1.75 bits per heavy atom. The number of hydrogen-bond acceptors (Lipinski definition) is 5. The third-order valence-corrected chi connectivity index (χ3v) is 6.13. The van der Waals surface area contributed by atoms with E-state index in [1.54, 1.807) is 20.8 Å². The highest BCUT2D eigenvalue weighted by Crippen LogP contribution is 2.70. The fourth-order valence-corrected chi connectivity index (χ4v) is 4.24. The largest absolute Gasteiger partial charge is 0.368 e. The van der Waals surface area contributed by atoms with Crippen molar-refractivity contribution in [1.29, 1.82) is 0 Å². The third-order valence-electron chi connectivity index (χ3n) is 1.54. The maximum absolute atomic E-state index is 12.1. The minimum atomic E-state index is -4.17. The summed E-state index contributed by atoms with van der Waals surface area (Å²) in [4.78, 5) is 9.47. The molecule has 0 spiro atoms. The molecule has 1 atom stereocenters. The lowest BCUT2D eigenvalue weighted by Crippen LogP contribution is -2.00. The first-order valence-electron chi connectivity index (χ1n) is 4.90. The summed E-state index contributed by atoms with van der Waals surface area (Å²) in [5, 5.41) is -0.523. The van der Waals surface area contributed by atoms with Crippen LogP contribution in [0.15, 0.2) is 11.6 Å². The minimum absolute atomic E-state index is 0.00501. The van der Waals surface area contributed by atoms with E-state index in [4.69, 9.17) is 9.05 Å². The van der Waals surface area contributed by atoms with Gasteiger partial charge < -0.3 is 18.5 Å². The molecule has 0 heterocycles. The van der Waals surface area contributed by atoms with E-state index in [9.17, 15) is 14.0 Å². The molecule has 1 unspecified atom stereocenters. The molecule has 96 valence electrons. The monoisotopic (exact) mass is 272 g/mol. The Bertz CT molecular complexity index is 316. The summed E-state index contributed by atoms with van der Waals surface area (Å²) < 4.78 is 38.1. The van der Waals surface area contributed by atoms with Crippen LogP contribution in [0.3, 0.4) is 0 Å². The van der Waals surface area contributed by atoms with Gasteiger partial charge in [-0.15, -0.1) is 0 Å². The average Bonchev–Trinajstić information content (AvgIpc) is 2.17. The van der Waals surface area contributed by atoms with Gasteiger partial charge in [0.25, 0.3) is 0 Å². The predicted molar refractivity (Wildman–Crippen MR) is 61.4 cm³/mol. The zero-order valence-corrected chi connectivity index (χ0v) is 11.5. The first kappa shape index (κ1) is 16.0. The van der Waals surface area contributed by atoms with Crippen molar-refractivity contribution in [3.05, 3.63) is 11.6 Å². The van der Waals surface area contributed by atoms with Gasteiger partial charge >= 0.3 is 15.2 Å². The quantitative estimate of drug-likeness (QED) is 0.684. The lowest BCUT2D eigenvalue weighted by molar-refractivity contribution is 0.225. The van der Waals surface area contributed by atoms with Gasteiger partial charge in [0.2, 0.25) is 0 Å². The summed E-state index contributed by atoms with van der Waals surface area (Å²) in [6.07, 6.45) is 0. The molecule has 0 aromatic carbocycles. The summed E-state index contributed by atoms with van der Waals surface area (Å²) in [6.45, 7) is 8.22. The summed E-state index contributed by atoms with van der Waals surface area (Å²) in [7, 11) is -7.97. The third kappa shape index (κ3) is 4.13. The first-order chi connectivity index (χ1) is 7.34. The molecule has 0 saturated carbocycles. The maximum atomic E-state index is 12.1. The van der Waals surface area contributed by atoms with E-state index in [-0.39, 0.29) is 19.8 Å². The van der Waals surface area contributed by atoms with Crippen molar-refractivity contribution in [3.63, 3.8) is 0 Å². The van der Waals surface area contributed by atoms with Crippen LogP contribution in [-0.4, -0.2) is 24.7 Å². The topological polar surface area (TPSA) is 82.1 Å². The van der Waals surface area contributed by atoms with Gasteiger partial charge in [-0.1, -0.05) is 6.58 Å². The van der Waals surface area contributed by atoms with Crippen LogP contribution in [0, 0.1) is 0 Å². The molecule has 6 nitrogen and oxygen atoms in total. The maximum Gasteiger partial charge on any atom is 0.368 e. The summed E-state index contributed by atoms with van der Waals surface area (Å²) in [5.74, 6) is 0. The van der Waals surface area contributed by atoms with E-state index in [0.29, 0.717) is 0 Å². The smallest absolute Gasteiger partial charge is 0.321 e. The van der Waals surface area contributed by atoms with Crippen molar-refractivity contribution < 1.29 is 27.6 Å². The predicted octanol–water partition coefficient (Wildman–Crippen LogP) is 2.95. The van der Waals surface area contributed by atoms with Crippen LogP contribution in [0.2, 0.25) is 0 Å². The van der Waals surface area contributed by atoms with Crippen LogP contribution in [-0.2, 0) is 22.7 Å². The lowest BCUT2D eigenvalue weighted by atomic mass is 10.9. The standard InChI is InChI=1S/C8H18O6P2/c1-5-12-15(9,10)8(4)16(11,13-6-2)14-7-3/h4-7H2,1-3H3,(H,9,10). The number of hydrogen-bond donors (Lipinski definition) is 1. The zero-order valence-electron chi connectivity index (χ0n) is 9.71. The van der Waals surface area contributed by atoms with Gasteiger partial charge in [-0.2, -0.15) is 0 Å². The van der Waals surface area contributed by atoms with Gasteiger partial charge in [-0.05, 0) is 20.8 Å². The van der Waals surface area contributed by atoms with Crippen LogP contribution in [0.1, 0.15) is 20.8 Å². The van der Waals surface area contributed by atoms with Gasteiger partial charge in [0.05, 0.1) is 19.8 Å². The highest BCUT2D eigenvalue weighted by Gasteiger charge is 2.41. The summed E-state index contributed by atoms with van der Waals surface area (Å²) in [5.41, 5.74) is 0. The second-order valence-electron chi connectivity index (χ2n) is 2.69. The first-order valence-corrected chi connectivity index (χ1v) is 8.02. The molecular formula is C8H18O6P2. The Labute approximate surface area is 95.7 Å². The summed E-state index contributed by atoms with van der Waals surface area (Å²) >= 11 is 0. The molecule has 0 aromatic heterocycles. The average molecular weight is 272 g/mol. The van der Waals surface area contributed by atoms with Crippen LogP contribution in [0.25, 0.3) is 0 Å². The van der Waals surface area contributed by atoms with E-state index >= 15 is 0 Å². The Hall–Kier alpha value is 0.0400. The number of rotatable bonds is 8. The van der Waals surface area contributed by atoms with E-state index < -0.39 is 20.2 Å². The molecule has 0 fully saturated rings. The van der Waals surface area contributed by atoms with Crippen molar-refractivity contribution in [3.8, 4) is 0 Å². The van der Waals surface area contributed by atoms with Gasteiger partial charge in [-0.3, -0.25) is 9.13 Å². The molecule has 0 aliphatic rings. The molecule has 0 saturated heterocycles. The fraction of sp³-hybridized carbons (Fsp3) is 0.750. The van der Waals surface area contributed by atoms with Gasteiger partial charge in [0.15, 0.2) is 0 Å².